The van der Waals surface area contributed by atoms with Crippen LogP contribution in [0.15, 0.2) is 18.2 Å². The molecular weight excluding hydrogens is 250 g/mol. The van der Waals surface area contributed by atoms with E-state index in [0.29, 0.717) is 6.42 Å². The molecule has 0 aromatic heterocycles. The molecule has 0 saturated carbocycles. The summed E-state index contributed by atoms with van der Waals surface area (Å²) in [5.41, 5.74) is 2.61. The normalized spacial score (nSPS) is 14.6. The number of carbonyl (C=O) groups is 1. The van der Waals surface area contributed by atoms with E-state index in [2.05, 4.69) is 11.8 Å². The summed E-state index contributed by atoms with van der Waals surface area (Å²) in [6.07, 6.45) is 3.88. The number of hydrogen-bond acceptors (Lipinski definition) is 2. The van der Waals surface area contributed by atoms with Crippen molar-refractivity contribution < 1.29 is 9.90 Å². The van der Waals surface area contributed by atoms with Gasteiger partial charge in [-0.25, -0.2) is 0 Å². The highest BCUT2D eigenvalue weighted by atomic mass is 16.2. The zero-order valence-corrected chi connectivity index (χ0v) is 12.0. The molecule has 1 amide bonds. The average molecular weight is 271 g/mol. The first kappa shape index (κ1) is 14.6. The molecule has 3 heteroatoms. The molecule has 1 aliphatic heterocycles. The van der Waals surface area contributed by atoms with Crippen molar-refractivity contribution >= 4 is 5.91 Å². The van der Waals surface area contributed by atoms with Gasteiger partial charge < -0.3 is 10.0 Å². The van der Waals surface area contributed by atoms with Crippen LogP contribution in [0.4, 0.5) is 0 Å². The Morgan fingerprint density at radius 2 is 2.00 bits per heavy atom. The van der Waals surface area contributed by atoms with Gasteiger partial charge in [0.2, 0.25) is 0 Å². The summed E-state index contributed by atoms with van der Waals surface area (Å²) in [7, 11) is 0. The molecule has 106 valence electrons. The van der Waals surface area contributed by atoms with Gasteiger partial charge in [0.25, 0.3) is 5.91 Å². The van der Waals surface area contributed by atoms with Crippen LogP contribution in [-0.4, -0.2) is 35.6 Å². The molecule has 0 atom stereocenters. The van der Waals surface area contributed by atoms with Crippen LogP contribution in [0, 0.1) is 18.8 Å². The summed E-state index contributed by atoms with van der Waals surface area (Å²) >= 11 is 0. The molecule has 1 N–H and O–H groups in total. The quantitative estimate of drug-likeness (QED) is 0.839. The summed E-state index contributed by atoms with van der Waals surface area (Å²) in [5.74, 6) is 6.01. The topological polar surface area (TPSA) is 40.5 Å². The molecule has 1 aromatic carbocycles. The Morgan fingerprint density at radius 1 is 1.25 bits per heavy atom. The van der Waals surface area contributed by atoms with Gasteiger partial charge in [-0.05, 0) is 49.9 Å². The summed E-state index contributed by atoms with van der Waals surface area (Å²) in [6, 6.07) is 5.75. The van der Waals surface area contributed by atoms with Crippen molar-refractivity contribution in [3.63, 3.8) is 0 Å². The van der Waals surface area contributed by atoms with Crippen LogP contribution in [0.3, 0.4) is 0 Å². The molecule has 3 nitrogen and oxygen atoms in total. The van der Waals surface area contributed by atoms with Crippen molar-refractivity contribution in [2.24, 2.45) is 0 Å². The molecule has 1 aliphatic rings. The van der Waals surface area contributed by atoms with E-state index in [-0.39, 0.29) is 12.5 Å². The standard InChI is InChI=1S/C17H21NO2/c1-14-11-15(7-3-6-10-19)13-16(12-14)17(20)18-8-4-2-5-9-18/h11-13,19H,2,4-6,8-10H2,1H3. The number of rotatable bonds is 2. The Morgan fingerprint density at radius 3 is 2.70 bits per heavy atom. The molecule has 1 aromatic rings. The highest BCUT2D eigenvalue weighted by molar-refractivity contribution is 5.94. The summed E-state index contributed by atoms with van der Waals surface area (Å²) in [5, 5.41) is 8.75. The smallest absolute Gasteiger partial charge is 0.253 e. The van der Waals surface area contributed by atoms with Crippen LogP contribution in [-0.2, 0) is 0 Å². The Balaban J connectivity index is 2.18. The van der Waals surface area contributed by atoms with E-state index >= 15 is 0 Å². The molecule has 1 fully saturated rings. The number of amides is 1. The summed E-state index contributed by atoms with van der Waals surface area (Å²) < 4.78 is 0. The highest BCUT2D eigenvalue weighted by Crippen LogP contribution is 2.15. The Kier molecular flexibility index (Phi) is 5.20. The van der Waals surface area contributed by atoms with Gasteiger partial charge in [0.05, 0.1) is 6.61 Å². The number of aliphatic hydroxyl groups is 1. The average Bonchev–Trinajstić information content (AvgIpc) is 2.47. The lowest BCUT2D eigenvalue weighted by Crippen LogP contribution is -2.35. The second kappa shape index (κ2) is 7.12. The maximum absolute atomic E-state index is 12.5. The van der Waals surface area contributed by atoms with Crippen molar-refractivity contribution in [2.75, 3.05) is 19.7 Å². The van der Waals surface area contributed by atoms with Crippen LogP contribution in [0.2, 0.25) is 0 Å². The van der Waals surface area contributed by atoms with Crippen molar-refractivity contribution in [3.05, 3.63) is 34.9 Å². The Hall–Kier alpha value is -1.79. The first-order valence-corrected chi connectivity index (χ1v) is 7.21. The van der Waals surface area contributed by atoms with Crippen LogP contribution in [0.25, 0.3) is 0 Å². The predicted octanol–water partition coefficient (Wildman–Crippen LogP) is 2.36. The summed E-state index contributed by atoms with van der Waals surface area (Å²) in [6.45, 7) is 3.76. The largest absolute Gasteiger partial charge is 0.395 e. The van der Waals surface area contributed by atoms with E-state index in [1.807, 2.05) is 30.0 Å². The molecule has 2 rings (SSSR count). The molecule has 20 heavy (non-hydrogen) atoms. The second-order valence-corrected chi connectivity index (χ2v) is 5.22. The van der Waals surface area contributed by atoms with E-state index in [1.165, 1.54) is 6.42 Å². The van der Waals surface area contributed by atoms with Gasteiger partial charge in [-0.3, -0.25) is 4.79 Å². The SMILES string of the molecule is Cc1cc(C#CCCO)cc(C(=O)N2CCCCC2)c1. The van der Waals surface area contributed by atoms with E-state index in [1.54, 1.807) is 0 Å². The van der Waals surface area contributed by atoms with Gasteiger partial charge in [-0.15, -0.1) is 0 Å². The van der Waals surface area contributed by atoms with Gasteiger partial charge in [0, 0.05) is 30.6 Å². The molecular formula is C17H21NO2. The fraction of sp³-hybridized carbons (Fsp3) is 0.471. The molecule has 0 radical (unpaired) electrons. The Labute approximate surface area is 120 Å². The van der Waals surface area contributed by atoms with Crippen molar-refractivity contribution in [3.8, 4) is 11.8 Å². The summed E-state index contributed by atoms with van der Waals surface area (Å²) in [4.78, 5) is 14.4. The highest BCUT2D eigenvalue weighted by Gasteiger charge is 2.18. The lowest BCUT2D eigenvalue weighted by molar-refractivity contribution is 0.0724. The number of hydrogen-bond donors (Lipinski definition) is 1. The minimum Gasteiger partial charge on any atom is -0.395 e. The molecule has 0 unspecified atom stereocenters. The second-order valence-electron chi connectivity index (χ2n) is 5.22. The van der Waals surface area contributed by atoms with Gasteiger partial charge in [0.15, 0.2) is 0 Å². The third kappa shape index (κ3) is 3.85. The lowest BCUT2D eigenvalue weighted by atomic mass is 10.0. The maximum atomic E-state index is 12.5. The van der Waals surface area contributed by atoms with E-state index < -0.39 is 0 Å². The fourth-order valence-electron chi connectivity index (χ4n) is 2.48. The zero-order valence-electron chi connectivity index (χ0n) is 12.0. The Bertz CT molecular complexity index is 534. The van der Waals surface area contributed by atoms with Crippen LogP contribution < -0.4 is 0 Å². The number of carbonyl (C=O) groups excluding carboxylic acids is 1. The number of benzene rings is 1. The first-order chi connectivity index (χ1) is 9.70. The number of nitrogens with zero attached hydrogens (tertiary/aromatic N) is 1. The molecule has 0 bridgehead atoms. The van der Waals surface area contributed by atoms with E-state index in [0.717, 1.165) is 42.6 Å². The van der Waals surface area contributed by atoms with Gasteiger partial charge in [0.1, 0.15) is 0 Å². The number of aryl methyl sites for hydroxylation is 1. The maximum Gasteiger partial charge on any atom is 0.253 e. The molecule has 1 heterocycles. The number of aliphatic hydroxyl groups excluding tert-OH is 1. The molecule has 0 aliphatic carbocycles. The predicted molar refractivity (Wildman–Crippen MR) is 79.5 cm³/mol. The van der Waals surface area contributed by atoms with Crippen molar-refractivity contribution in [1.82, 2.24) is 4.90 Å². The third-order valence-corrected chi connectivity index (χ3v) is 3.44. The lowest BCUT2D eigenvalue weighted by Gasteiger charge is -2.26. The van der Waals surface area contributed by atoms with Crippen molar-refractivity contribution in [2.45, 2.75) is 32.6 Å². The zero-order chi connectivity index (χ0) is 14.4. The van der Waals surface area contributed by atoms with Crippen molar-refractivity contribution in [1.29, 1.82) is 0 Å². The monoisotopic (exact) mass is 271 g/mol. The number of piperidine rings is 1. The van der Waals surface area contributed by atoms with Gasteiger partial charge in [-0.1, -0.05) is 11.8 Å². The minimum atomic E-state index is 0.0678. The molecule has 1 saturated heterocycles. The first-order valence-electron chi connectivity index (χ1n) is 7.21. The van der Waals surface area contributed by atoms with Crippen LogP contribution in [0.1, 0.15) is 47.2 Å². The van der Waals surface area contributed by atoms with Crippen LogP contribution in [0.5, 0.6) is 0 Å². The van der Waals surface area contributed by atoms with Crippen LogP contribution >= 0.6 is 0 Å². The minimum absolute atomic E-state index is 0.0678. The van der Waals surface area contributed by atoms with Gasteiger partial charge >= 0.3 is 0 Å². The van der Waals surface area contributed by atoms with E-state index in [9.17, 15) is 4.79 Å². The number of likely N-dealkylation sites (tertiary alicyclic amines) is 1. The van der Waals surface area contributed by atoms with Gasteiger partial charge in [-0.2, -0.15) is 0 Å². The fourth-order valence-corrected chi connectivity index (χ4v) is 2.48. The molecule has 0 spiro atoms. The van der Waals surface area contributed by atoms with E-state index in [4.69, 9.17) is 5.11 Å². The third-order valence-electron chi connectivity index (χ3n) is 3.44.